The second-order valence-corrected chi connectivity index (χ2v) is 6.33. The van der Waals surface area contributed by atoms with E-state index in [-0.39, 0.29) is 10.9 Å². The molecule has 2 rings (SSSR count). The Kier molecular flexibility index (Phi) is 4.22. The van der Waals surface area contributed by atoms with Gasteiger partial charge in [0.2, 0.25) is 10.0 Å². The minimum absolute atomic E-state index is 0.219. The van der Waals surface area contributed by atoms with Crippen LogP contribution >= 0.6 is 0 Å². The molecule has 0 spiro atoms. The molecule has 0 amide bonds. The van der Waals surface area contributed by atoms with Gasteiger partial charge in [0.1, 0.15) is 0 Å². The smallest absolute Gasteiger partial charge is 0.242 e. The van der Waals surface area contributed by atoms with E-state index in [0.29, 0.717) is 6.54 Å². The van der Waals surface area contributed by atoms with Crippen molar-refractivity contribution in [3.05, 3.63) is 48.0 Å². The van der Waals surface area contributed by atoms with Gasteiger partial charge in [0.25, 0.3) is 0 Å². The summed E-state index contributed by atoms with van der Waals surface area (Å²) in [5, 5.41) is 0. The van der Waals surface area contributed by atoms with E-state index in [0.717, 1.165) is 11.3 Å². The summed E-state index contributed by atoms with van der Waals surface area (Å²) in [6, 6.07) is 4.83. The van der Waals surface area contributed by atoms with Crippen molar-refractivity contribution in [2.24, 2.45) is 12.8 Å². The molecule has 7 heteroatoms. The number of hydrogen-bond donors (Lipinski definition) is 2. The van der Waals surface area contributed by atoms with E-state index in [4.69, 9.17) is 5.73 Å². The molecule has 2 heterocycles. The fraction of sp³-hybridized carbons (Fsp3) is 0.308. The fourth-order valence-electron chi connectivity index (χ4n) is 1.93. The summed E-state index contributed by atoms with van der Waals surface area (Å²) >= 11 is 0. The second kappa shape index (κ2) is 5.74. The van der Waals surface area contributed by atoms with Gasteiger partial charge in [0, 0.05) is 43.9 Å². The molecule has 0 saturated heterocycles. The lowest BCUT2D eigenvalue weighted by Gasteiger charge is -2.13. The van der Waals surface area contributed by atoms with Crippen LogP contribution in [0.5, 0.6) is 0 Å². The van der Waals surface area contributed by atoms with Crippen LogP contribution in [0.4, 0.5) is 0 Å². The lowest BCUT2D eigenvalue weighted by Crippen LogP contribution is -2.26. The SMILES string of the molecule is CC(NS(=O)(=O)c1cc(CN)n(C)c1)c1cccnc1. The quantitative estimate of drug-likeness (QED) is 0.858. The predicted molar refractivity (Wildman–Crippen MR) is 76.3 cm³/mol. The maximum Gasteiger partial charge on any atom is 0.242 e. The first-order chi connectivity index (χ1) is 9.44. The van der Waals surface area contributed by atoms with Crippen molar-refractivity contribution in [3.63, 3.8) is 0 Å². The number of aromatic nitrogens is 2. The molecule has 2 aromatic heterocycles. The van der Waals surface area contributed by atoms with Crippen LogP contribution < -0.4 is 10.5 Å². The third-order valence-electron chi connectivity index (χ3n) is 3.12. The summed E-state index contributed by atoms with van der Waals surface area (Å²) in [5.74, 6) is 0. The predicted octanol–water partition coefficient (Wildman–Crippen LogP) is 0.918. The third kappa shape index (κ3) is 3.06. The number of nitrogens with two attached hydrogens (primary N) is 1. The number of hydrogen-bond acceptors (Lipinski definition) is 4. The molecule has 0 saturated carbocycles. The average molecular weight is 294 g/mol. The molecule has 0 aliphatic heterocycles. The Bertz CT molecular complexity index is 680. The van der Waals surface area contributed by atoms with Crippen LogP contribution in [-0.2, 0) is 23.6 Å². The molecule has 1 unspecified atom stereocenters. The van der Waals surface area contributed by atoms with Crippen molar-refractivity contribution in [1.29, 1.82) is 0 Å². The summed E-state index contributed by atoms with van der Waals surface area (Å²) in [4.78, 5) is 4.20. The van der Waals surface area contributed by atoms with Crippen LogP contribution in [-0.4, -0.2) is 18.0 Å². The third-order valence-corrected chi connectivity index (χ3v) is 4.63. The van der Waals surface area contributed by atoms with Gasteiger partial charge < -0.3 is 10.3 Å². The zero-order chi connectivity index (χ0) is 14.8. The average Bonchev–Trinajstić information content (AvgIpc) is 2.81. The van der Waals surface area contributed by atoms with Gasteiger partial charge in [-0.05, 0) is 24.6 Å². The van der Waals surface area contributed by atoms with Crippen LogP contribution in [0.3, 0.4) is 0 Å². The van der Waals surface area contributed by atoms with E-state index in [1.54, 1.807) is 49.3 Å². The van der Waals surface area contributed by atoms with Crippen molar-refractivity contribution in [2.45, 2.75) is 24.4 Å². The lowest BCUT2D eigenvalue weighted by molar-refractivity contribution is 0.566. The minimum Gasteiger partial charge on any atom is -0.352 e. The van der Waals surface area contributed by atoms with Gasteiger partial charge in [-0.2, -0.15) is 0 Å². The summed E-state index contributed by atoms with van der Waals surface area (Å²) < 4.78 is 29.0. The highest BCUT2D eigenvalue weighted by Crippen LogP contribution is 2.17. The van der Waals surface area contributed by atoms with E-state index in [2.05, 4.69) is 9.71 Å². The number of pyridine rings is 1. The van der Waals surface area contributed by atoms with Crippen molar-refractivity contribution < 1.29 is 8.42 Å². The molecule has 108 valence electrons. The molecule has 3 N–H and O–H groups in total. The van der Waals surface area contributed by atoms with Gasteiger partial charge in [0.05, 0.1) is 4.90 Å². The number of sulfonamides is 1. The highest BCUT2D eigenvalue weighted by Gasteiger charge is 2.20. The van der Waals surface area contributed by atoms with Crippen LogP contribution in [0.15, 0.2) is 41.7 Å². The van der Waals surface area contributed by atoms with Gasteiger partial charge in [-0.3, -0.25) is 4.98 Å². The molecule has 20 heavy (non-hydrogen) atoms. The molecule has 0 aromatic carbocycles. The molecule has 0 fully saturated rings. The molecule has 0 aliphatic rings. The van der Waals surface area contributed by atoms with Crippen molar-refractivity contribution in [3.8, 4) is 0 Å². The highest BCUT2D eigenvalue weighted by molar-refractivity contribution is 7.89. The van der Waals surface area contributed by atoms with E-state index < -0.39 is 10.0 Å². The van der Waals surface area contributed by atoms with Gasteiger partial charge in [-0.1, -0.05) is 6.07 Å². The monoisotopic (exact) mass is 294 g/mol. The van der Waals surface area contributed by atoms with Crippen molar-refractivity contribution in [2.75, 3.05) is 0 Å². The zero-order valence-corrected chi connectivity index (χ0v) is 12.3. The van der Waals surface area contributed by atoms with Crippen molar-refractivity contribution >= 4 is 10.0 Å². The lowest BCUT2D eigenvalue weighted by atomic mass is 10.2. The molecular formula is C13H18N4O2S. The number of rotatable bonds is 5. The molecule has 0 radical (unpaired) electrons. The Morgan fingerprint density at radius 3 is 2.80 bits per heavy atom. The largest absolute Gasteiger partial charge is 0.352 e. The van der Waals surface area contributed by atoms with E-state index in [1.165, 1.54) is 0 Å². The molecule has 2 aromatic rings. The zero-order valence-electron chi connectivity index (χ0n) is 11.4. The van der Waals surface area contributed by atoms with Crippen LogP contribution in [0, 0.1) is 0 Å². The fourth-order valence-corrected chi connectivity index (χ4v) is 3.25. The van der Waals surface area contributed by atoms with Crippen LogP contribution in [0.1, 0.15) is 24.2 Å². The second-order valence-electron chi connectivity index (χ2n) is 4.61. The van der Waals surface area contributed by atoms with Gasteiger partial charge in [-0.15, -0.1) is 0 Å². The van der Waals surface area contributed by atoms with Gasteiger partial charge in [-0.25, -0.2) is 13.1 Å². The standard InChI is InChI=1S/C13H18N4O2S/c1-10(11-4-3-5-15-8-11)16-20(18,19)13-6-12(7-14)17(2)9-13/h3-6,8-10,16H,7,14H2,1-2H3. The summed E-state index contributed by atoms with van der Waals surface area (Å²) in [6.45, 7) is 2.07. The van der Waals surface area contributed by atoms with E-state index >= 15 is 0 Å². The Hall–Kier alpha value is -1.70. The maximum atomic E-state index is 12.3. The van der Waals surface area contributed by atoms with Crippen LogP contribution in [0.25, 0.3) is 0 Å². The van der Waals surface area contributed by atoms with Gasteiger partial charge >= 0.3 is 0 Å². The van der Waals surface area contributed by atoms with Gasteiger partial charge in [0.15, 0.2) is 0 Å². The molecule has 0 aliphatic carbocycles. The summed E-state index contributed by atoms with van der Waals surface area (Å²) in [7, 11) is -1.80. The Balaban J connectivity index is 2.23. The van der Waals surface area contributed by atoms with E-state index in [1.807, 2.05) is 6.07 Å². The number of aryl methyl sites for hydroxylation is 1. The Labute approximate surface area is 118 Å². The summed E-state index contributed by atoms with van der Waals surface area (Å²) in [6.07, 6.45) is 4.85. The maximum absolute atomic E-state index is 12.3. The highest BCUT2D eigenvalue weighted by atomic mass is 32.2. The molecule has 1 atom stereocenters. The Morgan fingerprint density at radius 1 is 1.50 bits per heavy atom. The first-order valence-corrected chi connectivity index (χ1v) is 7.70. The number of nitrogens with zero attached hydrogens (tertiary/aromatic N) is 2. The first-order valence-electron chi connectivity index (χ1n) is 6.21. The topological polar surface area (TPSA) is 90.0 Å². The normalized spacial score (nSPS) is 13.3. The Morgan fingerprint density at radius 2 is 2.25 bits per heavy atom. The minimum atomic E-state index is -3.57. The number of nitrogens with one attached hydrogen (secondary N) is 1. The summed E-state index contributed by atoms with van der Waals surface area (Å²) in [5.41, 5.74) is 7.13. The van der Waals surface area contributed by atoms with Crippen molar-refractivity contribution in [1.82, 2.24) is 14.3 Å². The molecule has 6 nitrogen and oxygen atoms in total. The first kappa shape index (κ1) is 14.7. The molecule has 0 bridgehead atoms. The van der Waals surface area contributed by atoms with E-state index in [9.17, 15) is 8.42 Å². The van der Waals surface area contributed by atoms with Crippen LogP contribution in [0.2, 0.25) is 0 Å². The molecular weight excluding hydrogens is 276 g/mol.